The van der Waals surface area contributed by atoms with Crippen LogP contribution in [0.5, 0.6) is 0 Å². The van der Waals surface area contributed by atoms with Crippen molar-refractivity contribution in [2.24, 2.45) is 5.84 Å². The second-order valence-corrected chi connectivity index (χ2v) is 3.92. The van der Waals surface area contributed by atoms with E-state index in [-0.39, 0.29) is 12.5 Å². The molecular weight excluding hydrogens is 204 g/mol. The molecule has 5 nitrogen and oxygen atoms in total. The summed E-state index contributed by atoms with van der Waals surface area (Å²) in [6.07, 6.45) is 0. The minimum absolute atomic E-state index is 0.0969. The van der Waals surface area contributed by atoms with Crippen LogP contribution in [0.25, 0.3) is 0 Å². The highest BCUT2D eigenvalue weighted by Gasteiger charge is 2.13. The third-order valence-electron chi connectivity index (χ3n) is 2.70. The van der Waals surface area contributed by atoms with E-state index in [1.165, 1.54) is 5.01 Å². The lowest BCUT2D eigenvalue weighted by Crippen LogP contribution is -2.44. The molecule has 5 heteroatoms. The Balaban J connectivity index is 4.04. The lowest BCUT2D eigenvalue weighted by atomic mass is 10.4. The third kappa shape index (κ3) is 6.05. The summed E-state index contributed by atoms with van der Waals surface area (Å²) < 4.78 is 0. The van der Waals surface area contributed by atoms with Crippen molar-refractivity contribution in [3.05, 3.63) is 0 Å². The fourth-order valence-corrected chi connectivity index (χ4v) is 1.57. The Labute approximate surface area is 99.1 Å². The molecule has 0 radical (unpaired) electrons. The van der Waals surface area contributed by atoms with Gasteiger partial charge < -0.3 is 9.80 Å². The Morgan fingerprint density at radius 3 is 2.00 bits per heavy atom. The number of nitrogens with two attached hydrogens (primary N) is 1. The normalized spacial score (nSPS) is 11.2. The first kappa shape index (κ1) is 15.3. The van der Waals surface area contributed by atoms with E-state index >= 15 is 0 Å². The van der Waals surface area contributed by atoms with Crippen LogP contribution in [0.3, 0.4) is 0 Å². The average Bonchev–Trinajstić information content (AvgIpc) is 2.23. The van der Waals surface area contributed by atoms with Crippen LogP contribution < -0.4 is 5.84 Å². The Hall–Kier alpha value is -0.650. The second-order valence-electron chi connectivity index (χ2n) is 3.92. The van der Waals surface area contributed by atoms with Gasteiger partial charge in [-0.3, -0.25) is 10.6 Å². The largest absolute Gasteiger partial charge is 0.341 e. The fraction of sp³-hybridized carbons (Fsp3) is 0.909. The molecule has 1 amide bonds. The summed E-state index contributed by atoms with van der Waals surface area (Å²) in [6.45, 7) is 11.1. The van der Waals surface area contributed by atoms with Crippen molar-refractivity contribution in [3.63, 3.8) is 0 Å². The molecule has 0 spiro atoms. The Morgan fingerprint density at radius 2 is 1.62 bits per heavy atom. The zero-order valence-electron chi connectivity index (χ0n) is 11.1. The van der Waals surface area contributed by atoms with Gasteiger partial charge in [-0.1, -0.05) is 13.8 Å². The van der Waals surface area contributed by atoms with Gasteiger partial charge in [0, 0.05) is 26.7 Å². The minimum atomic E-state index is 0.0969. The maximum atomic E-state index is 11.8. The number of likely N-dealkylation sites (N-methyl/N-ethyl adjacent to an activating group) is 3. The van der Waals surface area contributed by atoms with Crippen molar-refractivity contribution in [3.8, 4) is 0 Å². The molecule has 16 heavy (non-hydrogen) atoms. The summed E-state index contributed by atoms with van der Waals surface area (Å²) in [6, 6.07) is 0. The van der Waals surface area contributed by atoms with Gasteiger partial charge in [0.2, 0.25) is 5.91 Å². The smallest absolute Gasteiger partial charge is 0.238 e. The van der Waals surface area contributed by atoms with E-state index in [4.69, 9.17) is 5.84 Å². The first-order valence-electron chi connectivity index (χ1n) is 6.01. The number of hydrogen-bond acceptors (Lipinski definition) is 4. The number of carbonyl (C=O) groups is 1. The molecule has 0 bridgehead atoms. The van der Waals surface area contributed by atoms with E-state index in [0.717, 1.165) is 32.7 Å². The highest BCUT2D eigenvalue weighted by atomic mass is 16.2. The van der Waals surface area contributed by atoms with Crippen LogP contribution in [0.4, 0.5) is 0 Å². The molecular formula is C11H26N4O. The van der Waals surface area contributed by atoms with Crippen LogP contribution in [0.2, 0.25) is 0 Å². The zero-order chi connectivity index (χ0) is 12.6. The molecule has 0 atom stereocenters. The maximum absolute atomic E-state index is 11.8. The summed E-state index contributed by atoms with van der Waals surface area (Å²) in [7, 11) is 1.70. The van der Waals surface area contributed by atoms with E-state index in [1.54, 1.807) is 7.05 Å². The van der Waals surface area contributed by atoms with Gasteiger partial charge in [0.15, 0.2) is 0 Å². The number of rotatable bonds is 8. The number of carbonyl (C=O) groups excluding carboxylic acids is 1. The quantitative estimate of drug-likeness (QED) is 0.470. The van der Waals surface area contributed by atoms with Gasteiger partial charge in [-0.05, 0) is 20.0 Å². The average molecular weight is 230 g/mol. The first-order valence-corrected chi connectivity index (χ1v) is 6.01. The molecule has 2 N–H and O–H groups in total. The summed E-state index contributed by atoms with van der Waals surface area (Å²) in [5, 5.41) is 1.42. The lowest BCUT2D eigenvalue weighted by Gasteiger charge is -2.26. The van der Waals surface area contributed by atoms with Crippen LogP contribution in [0.15, 0.2) is 0 Å². The number of hydrazine groups is 1. The van der Waals surface area contributed by atoms with Crippen molar-refractivity contribution < 1.29 is 4.79 Å². The fourth-order valence-electron chi connectivity index (χ4n) is 1.57. The zero-order valence-corrected chi connectivity index (χ0v) is 11.1. The first-order chi connectivity index (χ1) is 7.54. The molecule has 0 aliphatic rings. The maximum Gasteiger partial charge on any atom is 0.238 e. The van der Waals surface area contributed by atoms with Gasteiger partial charge in [0.25, 0.3) is 0 Å². The predicted molar refractivity (Wildman–Crippen MR) is 66.9 cm³/mol. The van der Waals surface area contributed by atoms with Gasteiger partial charge in [0.1, 0.15) is 0 Å². The molecule has 0 aromatic rings. The highest BCUT2D eigenvalue weighted by molar-refractivity contribution is 5.78. The third-order valence-corrected chi connectivity index (χ3v) is 2.70. The van der Waals surface area contributed by atoms with Crippen LogP contribution in [0, 0.1) is 0 Å². The molecule has 0 aliphatic carbocycles. The summed E-state index contributed by atoms with van der Waals surface area (Å²) in [4.78, 5) is 15.9. The topological polar surface area (TPSA) is 52.8 Å². The summed E-state index contributed by atoms with van der Waals surface area (Å²) in [5.41, 5.74) is 0. The van der Waals surface area contributed by atoms with Crippen molar-refractivity contribution in [1.82, 2.24) is 14.8 Å². The lowest BCUT2D eigenvalue weighted by molar-refractivity contribution is -0.132. The van der Waals surface area contributed by atoms with E-state index in [0.29, 0.717) is 0 Å². The van der Waals surface area contributed by atoms with Crippen LogP contribution in [0.1, 0.15) is 20.8 Å². The Morgan fingerprint density at radius 1 is 1.06 bits per heavy atom. The van der Waals surface area contributed by atoms with Crippen molar-refractivity contribution >= 4 is 5.91 Å². The predicted octanol–water partition coefficient (Wildman–Crippen LogP) is -0.0178. The van der Waals surface area contributed by atoms with E-state index < -0.39 is 0 Å². The van der Waals surface area contributed by atoms with Crippen molar-refractivity contribution in [2.75, 3.05) is 46.3 Å². The molecule has 0 saturated carbocycles. The van der Waals surface area contributed by atoms with E-state index in [1.807, 2.05) is 11.8 Å². The molecule has 0 heterocycles. The van der Waals surface area contributed by atoms with E-state index in [2.05, 4.69) is 18.7 Å². The molecule has 0 saturated heterocycles. The van der Waals surface area contributed by atoms with E-state index in [9.17, 15) is 4.79 Å². The molecule has 0 aromatic carbocycles. The van der Waals surface area contributed by atoms with Crippen LogP contribution >= 0.6 is 0 Å². The number of hydrogen-bond donors (Lipinski definition) is 1. The molecule has 0 aromatic heterocycles. The summed E-state index contributed by atoms with van der Waals surface area (Å²) >= 11 is 0. The second kappa shape index (κ2) is 8.50. The SMILES string of the molecule is CCN(CC)CCN(CC)C(=O)CN(C)N. The summed E-state index contributed by atoms with van der Waals surface area (Å²) in [5.74, 6) is 5.57. The van der Waals surface area contributed by atoms with Crippen molar-refractivity contribution in [1.29, 1.82) is 0 Å². The van der Waals surface area contributed by atoms with Gasteiger partial charge in [-0.2, -0.15) is 0 Å². The molecule has 0 aliphatic heterocycles. The molecule has 0 unspecified atom stereocenters. The Bertz CT molecular complexity index is 192. The van der Waals surface area contributed by atoms with Gasteiger partial charge >= 0.3 is 0 Å². The molecule has 0 fully saturated rings. The minimum Gasteiger partial charge on any atom is -0.341 e. The number of amides is 1. The molecule has 96 valence electrons. The van der Waals surface area contributed by atoms with Gasteiger partial charge in [-0.15, -0.1) is 0 Å². The molecule has 0 rings (SSSR count). The van der Waals surface area contributed by atoms with Crippen molar-refractivity contribution in [2.45, 2.75) is 20.8 Å². The van der Waals surface area contributed by atoms with Gasteiger partial charge in [0.05, 0.1) is 6.54 Å². The van der Waals surface area contributed by atoms with Crippen LogP contribution in [-0.2, 0) is 4.79 Å². The monoisotopic (exact) mass is 230 g/mol. The van der Waals surface area contributed by atoms with Gasteiger partial charge in [-0.25, -0.2) is 5.01 Å². The number of nitrogens with zero attached hydrogens (tertiary/aromatic N) is 3. The Kier molecular flexibility index (Phi) is 8.15. The standard InChI is InChI=1S/C11H26N4O/c1-5-14(6-2)8-9-15(7-3)11(16)10-13(4)12/h5-10,12H2,1-4H3. The van der Waals surface area contributed by atoms with Crippen LogP contribution in [-0.4, -0.2) is 67.0 Å². The highest BCUT2D eigenvalue weighted by Crippen LogP contribution is 1.94.